The van der Waals surface area contributed by atoms with Gasteiger partial charge in [0.25, 0.3) is 0 Å². The molecule has 0 saturated carbocycles. The smallest absolute Gasteiger partial charge is 0.0715 e. The molecular weight excluding hydrogens is 663 g/mol. The number of nitrogens with one attached hydrogen (secondary N) is 6. The predicted octanol–water partition coefficient (Wildman–Crippen LogP) is 11.3. The topological polar surface area (TPSA) is 85.1 Å². The lowest BCUT2D eigenvalue weighted by Gasteiger charge is -2.15. The number of hydrogen-bond acceptors (Lipinski definition) is 7. The molecule has 0 aliphatic rings. The van der Waals surface area contributed by atoms with Gasteiger partial charge in [0.2, 0.25) is 0 Å². The molecule has 1 heterocycles. The lowest BCUT2D eigenvalue weighted by atomic mass is 9.95. The van der Waals surface area contributed by atoms with Gasteiger partial charge in [0.05, 0.1) is 11.4 Å². The molecule has 6 N–H and O–H groups in total. The Morgan fingerprint density at radius 2 is 0.574 bits per heavy atom. The number of hydrogen-bond donors (Lipinski definition) is 6. The number of anilines is 6. The molecule has 54 heavy (non-hydrogen) atoms. The van der Waals surface area contributed by atoms with Crippen LogP contribution < -0.4 is 31.9 Å². The van der Waals surface area contributed by atoms with E-state index >= 15 is 0 Å². The van der Waals surface area contributed by atoms with Gasteiger partial charge in [0, 0.05) is 104 Å². The fourth-order valence-electron chi connectivity index (χ4n) is 6.95. The number of aromatic nitrogens is 1. The van der Waals surface area contributed by atoms with Crippen LogP contribution in [0.4, 0.5) is 34.1 Å². The Morgan fingerprint density at radius 3 is 0.870 bits per heavy atom. The normalized spacial score (nSPS) is 10.8. The van der Waals surface area contributed by atoms with Crippen LogP contribution in [0.25, 0.3) is 67.0 Å². The Kier molecular flexibility index (Phi) is 10.5. The third-order valence-corrected chi connectivity index (χ3v) is 10.1. The van der Waals surface area contributed by atoms with Crippen molar-refractivity contribution in [2.45, 2.75) is 0 Å². The molecular formula is C47H47N7. The third kappa shape index (κ3) is 7.30. The van der Waals surface area contributed by atoms with Gasteiger partial charge in [-0.15, -0.1) is 0 Å². The molecule has 7 aromatic rings. The van der Waals surface area contributed by atoms with Gasteiger partial charge in [-0.05, 0) is 94.5 Å². The minimum absolute atomic E-state index is 0.915. The maximum atomic E-state index is 5.27. The van der Waals surface area contributed by atoms with Crippen LogP contribution >= 0.6 is 0 Å². The average molecular weight is 710 g/mol. The summed E-state index contributed by atoms with van der Waals surface area (Å²) in [5.74, 6) is 0. The van der Waals surface area contributed by atoms with Crippen molar-refractivity contribution < 1.29 is 0 Å². The van der Waals surface area contributed by atoms with Crippen LogP contribution in [-0.4, -0.2) is 47.3 Å². The Hall–Kier alpha value is -6.73. The first-order chi connectivity index (χ1) is 26.4. The molecule has 0 radical (unpaired) electrons. The zero-order valence-corrected chi connectivity index (χ0v) is 31.7. The number of pyridine rings is 1. The SMILES string of the molecule is CNc1ccc(NC)c(-c2ccc(-c3cc(-c4ccc(-c5cc(NC)ccc5NC)cc4)nc(-c4ccc(-c5cc(NC)ccc5NC)cc4)c3)cc2)c1. The summed E-state index contributed by atoms with van der Waals surface area (Å²) in [6.07, 6.45) is 0. The first-order valence-corrected chi connectivity index (χ1v) is 18.3. The van der Waals surface area contributed by atoms with E-state index in [0.717, 1.165) is 101 Å². The summed E-state index contributed by atoms with van der Waals surface area (Å²) in [5.41, 5.74) is 19.5. The van der Waals surface area contributed by atoms with E-state index in [1.54, 1.807) is 0 Å². The molecule has 7 rings (SSSR count). The van der Waals surface area contributed by atoms with Crippen LogP contribution in [0.3, 0.4) is 0 Å². The highest BCUT2D eigenvalue weighted by Gasteiger charge is 2.13. The van der Waals surface area contributed by atoms with Gasteiger partial charge >= 0.3 is 0 Å². The lowest BCUT2D eigenvalue weighted by molar-refractivity contribution is 1.32. The molecule has 0 aliphatic carbocycles. The third-order valence-electron chi connectivity index (χ3n) is 10.1. The highest BCUT2D eigenvalue weighted by Crippen LogP contribution is 2.37. The van der Waals surface area contributed by atoms with Crippen molar-refractivity contribution in [2.24, 2.45) is 0 Å². The van der Waals surface area contributed by atoms with Gasteiger partial charge in [0.1, 0.15) is 0 Å². The van der Waals surface area contributed by atoms with Crippen LogP contribution in [0, 0.1) is 0 Å². The predicted molar refractivity (Wildman–Crippen MR) is 234 cm³/mol. The highest BCUT2D eigenvalue weighted by molar-refractivity contribution is 5.86. The van der Waals surface area contributed by atoms with E-state index in [-0.39, 0.29) is 0 Å². The maximum Gasteiger partial charge on any atom is 0.0715 e. The van der Waals surface area contributed by atoms with Crippen molar-refractivity contribution in [1.29, 1.82) is 0 Å². The molecule has 0 fully saturated rings. The average Bonchev–Trinajstić information content (AvgIpc) is 3.25. The molecule has 7 heteroatoms. The van der Waals surface area contributed by atoms with Gasteiger partial charge in [-0.2, -0.15) is 0 Å². The quantitative estimate of drug-likeness (QED) is 0.0753. The second-order valence-corrected chi connectivity index (χ2v) is 13.1. The van der Waals surface area contributed by atoms with Gasteiger partial charge in [0.15, 0.2) is 0 Å². The molecule has 0 unspecified atom stereocenters. The highest BCUT2D eigenvalue weighted by atomic mass is 14.9. The fourth-order valence-corrected chi connectivity index (χ4v) is 6.95. The van der Waals surface area contributed by atoms with Crippen LogP contribution in [-0.2, 0) is 0 Å². The van der Waals surface area contributed by atoms with Crippen molar-refractivity contribution >= 4 is 34.1 Å². The Labute approximate surface area is 318 Å². The molecule has 1 aromatic heterocycles. The van der Waals surface area contributed by atoms with Crippen LogP contribution in [0.15, 0.2) is 140 Å². The van der Waals surface area contributed by atoms with Gasteiger partial charge in [-0.1, -0.05) is 72.8 Å². The molecule has 0 bridgehead atoms. The van der Waals surface area contributed by atoms with Crippen LogP contribution in [0.5, 0.6) is 0 Å². The summed E-state index contributed by atoms with van der Waals surface area (Å²) in [6.45, 7) is 0. The van der Waals surface area contributed by atoms with Gasteiger partial charge in [-0.3, -0.25) is 0 Å². The van der Waals surface area contributed by atoms with E-state index in [4.69, 9.17) is 4.98 Å². The number of benzene rings is 6. The monoisotopic (exact) mass is 709 g/mol. The van der Waals surface area contributed by atoms with Crippen LogP contribution in [0.2, 0.25) is 0 Å². The molecule has 270 valence electrons. The van der Waals surface area contributed by atoms with E-state index in [1.165, 1.54) is 0 Å². The summed E-state index contributed by atoms with van der Waals surface area (Å²) < 4.78 is 0. The van der Waals surface area contributed by atoms with E-state index < -0.39 is 0 Å². The Morgan fingerprint density at radius 1 is 0.278 bits per heavy atom. The second-order valence-electron chi connectivity index (χ2n) is 13.1. The Bertz CT molecular complexity index is 2100. The number of rotatable bonds is 12. The van der Waals surface area contributed by atoms with Crippen molar-refractivity contribution in [3.05, 3.63) is 140 Å². The lowest BCUT2D eigenvalue weighted by Crippen LogP contribution is -1.96. The van der Waals surface area contributed by atoms with Crippen molar-refractivity contribution in [2.75, 3.05) is 74.2 Å². The largest absolute Gasteiger partial charge is 0.388 e. The van der Waals surface area contributed by atoms with E-state index in [1.807, 2.05) is 42.3 Å². The molecule has 7 nitrogen and oxygen atoms in total. The fraction of sp³-hybridized carbons (Fsp3) is 0.128. The molecule has 6 aromatic carbocycles. The van der Waals surface area contributed by atoms with Crippen molar-refractivity contribution in [3.8, 4) is 67.0 Å². The number of nitrogens with zero attached hydrogens (tertiary/aromatic N) is 1. The van der Waals surface area contributed by atoms with E-state index in [0.29, 0.717) is 0 Å². The Balaban J connectivity index is 1.30. The minimum atomic E-state index is 0.915. The van der Waals surface area contributed by atoms with Crippen LogP contribution in [0.1, 0.15) is 0 Å². The summed E-state index contributed by atoms with van der Waals surface area (Å²) in [7, 11) is 11.7. The molecule has 0 amide bonds. The zero-order valence-electron chi connectivity index (χ0n) is 31.7. The first kappa shape index (κ1) is 35.7. The van der Waals surface area contributed by atoms with Gasteiger partial charge in [-0.25, -0.2) is 4.98 Å². The first-order valence-electron chi connectivity index (χ1n) is 18.3. The van der Waals surface area contributed by atoms with Crippen molar-refractivity contribution in [3.63, 3.8) is 0 Å². The second kappa shape index (κ2) is 15.9. The summed E-state index contributed by atoms with van der Waals surface area (Å²) in [4.78, 5) is 5.27. The van der Waals surface area contributed by atoms with Crippen molar-refractivity contribution in [1.82, 2.24) is 4.98 Å². The minimum Gasteiger partial charge on any atom is -0.388 e. The molecule has 0 aliphatic heterocycles. The molecule has 0 saturated heterocycles. The summed E-state index contributed by atoms with van der Waals surface area (Å²) in [6, 6.07) is 49.7. The van der Waals surface area contributed by atoms with E-state index in [2.05, 4.69) is 171 Å². The molecule has 0 spiro atoms. The van der Waals surface area contributed by atoms with E-state index in [9.17, 15) is 0 Å². The summed E-state index contributed by atoms with van der Waals surface area (Å²) in [5, 5.41) is 19.8. The zero-order chi connectivity index (χ0) is 37.6. The maximum absolute atomic E-state index is 5.27. The van der Waals surface area contributed by atoms with Gasteiger partial charge < -0.3 is 31.9 Å². The standard InChI is InChI=1S/C47H47N7/c1-48-37-19-22-43(51-4)40(27-37)31-9-7-30(8-10-31)36-25-46(34-15-11-32(12-16-34)41-28-38(49-2)20-23-44(41)52-5)54-47(26-36)35-17-13-33(14-18-35)42-29-39(50-3)21-24-45(42)53-6/h7-29,48-53H,1-6H3. The molecule has 0 atom stereocenters. The summed E-state index contributed by atoms with van der Waals surface area (Å²) >= 11 is 0.